The molecule has 0 saturated heterocycles. The van der Waals surface area contributed by atoms with Crippen LogP contribution in [0, 0.1) is 6.92 Å². The highest BCUT2D eigenvalue weighted by Crippen LogP contribution is 2.25. The van der Waals surface area contributed by atoms with Gasteiger partial charge in [0.05, 0.1) is 6.04 Å². The normalized spacial score (nSPS) is 12.6. The second-order valence-electron chi connectivity index (χ2n) is 3.98. The van der Waals surface area contributed by atoms with Crippen molar-refractivity contribution in [2.75, 3.05) is 0 Å². The molecule has 0 aliphatic heterocycles. The summed E-state index contributed by atoms with van der Waals surface area (Å²) in [6, 6.07) is 10.7. The topological polar surface area (TPSA) is 38.0 Å². The number of nitrogens with two attached hydrogens (primary N) is 1. The van der Waals surface area contributed by atoms with Gasteiger partial charge in [0.25, 0.3) is 0 Å². The van der Waals surface area contributed by atoms with E-state index in [4.69, 9.17) is 5.84 Å². The predicted molar refractivity (Wildman–Crippen MR) is 77.0 cm³/mol. The minimum absolute atomic E-state index is 0.183. The highest BCUT2D eigenvalue weighted by atomic mass is 79.9. The van der Waals surface area contributed by atoms with Crippen molar-refractivity contribution >= 4 is 27.3 Å². The van der Waals surface area contributed by atoms with Crippen LogP contribution in [0.3, 0.4) is 0 Å². The van der Waals surface area contributed by atoms with Crippen molar-refractivity contribution < 1.29 is 0 Å². The highest BCUT2D eigenvalue weighted by molar-refractivity contribution is 9.10. The molecule has 3 N–H and O–H groups in total. The number of aryl methyl sites for hydroxylation is 1. The molecule has 0 saturated carbocycles. The molecule has 0 spiro atoms. The van der Waals surface area contributed by atoms with Crippen LogP contribution in [0.2, 0.25) is 0 Å². The summed E-state index contributed by atoms with van der Waals surface area (Å²) >= 11 is 5.20. The third-order valence-electron chi connectivity index (χ3n) is 2.83. The molecule has 1 unspecified atom stereocenters. The van der Waals surface area contributed by atoms with Crippen molar-refractivity contribution in [2.45, 2.75) is 19.4 Å². The molecule has 17 heavy (non-hydrogen) atoms. The molecule has 0 aliphatic rings. The summed E-state index contributed by atoms with van der Waals surface area (Å²) in [6.07, 6.45) is 0.904. The Morgan fingerprint density at radius 2 is 2.00 bits per heavy atom. The van der Waals surface area contributed by atoms with Gasteiger partial charge < -0.3 is 0 Å². The maximum atomic E-state index is 5.66. The average Bonchev–Trinajstić information content (AvgIpc) is 2.75. The van der Waals surface area contributed by atoms with Crippen molar-refractivity contribution in [3.05, 3.63) is 56.2 Å². The van der Waals surface area contributed by atoms with Gasteiger partial charge in [0, 0.05) is 9.35 Å². The molecule has 2 aromatic rings. The lowest BCUT2D eigenvalue weighted by molar-refractivity contribution is 0.551. The molecule has 0 bridgehead atoms. The molecule has 90 valence electrons. The molecule has 0 fully saturated rings. The maximum Gasteiger partial charge on any atom is 0.0511 e. The Bertz CT molecular complexity index is 478. The summed E-state index contributed by atoms with van der Waals surface area (Å²) < 4.78 is 1.10. The van der Waals surface area contributed by atoms with Crippen LogP contribution in [-0.2, 0) is 6.42 Å². The third kappa shape index (κ3) is 3.16. The van der Waals surface area contributed by atoms with Crippen LogP contribution in [0.25, 0.3) is 0 Å². The van der Waals surface area contributed by atoms with E-state index in [1.54, 1.807) is 11.3 Å². The van der Waals surface area contributed by atoms with Gasteiger partial charge in [-0.05, 0) is 48.1 Å². The van der Waals surface area contributed by atoms with Crippen molar-refractivity contribution in [2.24, 2.45) is 5.84 Å². The van der Waals surface area contributed by atoms with Gasteiger partial charge in [-0.25, -0.2) is 0 Å². The van der Waals surface area contributed by atoms with Crippen molar-refractivity contribution in [3.8, 4) is 0 Å². The number of benzene rings is 1. The molecule has 0 radical (unpaired) electrons. The fourth-order valence-corrected chi connectivity index (χ4v) is 2.90. The molecule has 4 heteroatoms. The van der Waals surface area contributed by atoms with E-state index < -0.39 is 0 Å². The van der Waals surface area contributed by atoms with E-state index in [0.29, 0.717) is 0 Å². The minimum atomic E-state index is 0.183. The van der Waals surface area contributed by atoms with Gasteiger partial charge in [0.15, 0.2) is 0 Å². The summed E-state index contributed by atoms with van der Waals surface area (Å²) in [4.78, 5) is 1.32. The van der Waals surface area contributed by atoms with Crippen LogP contribution in [0.5, 0.6) is 0 Å². The Kier molecular flexibility index (Phi) is 4.34. The number of thiophene rings is 1. The van der Waals surface area contributed by atoms with E-state index in [-0.39, 0.29) is 6.04 Å². The first kappa shape index (κ1) is 12.8. The standard InChI is InChI=1S/C13H15BrN2S/c1-9-12(6-7-17-9)13(16-15)8-10-2-4-11(14)5-3-10/h2-7,13,16H,8,15H2,1H3. The number of hydrogen-bond acceptors (Lipinski definition) is 3. The quantitative estimate of drug-likeness (QED) is 0.669. The molecule has 0 amide bonds. The molecular formula is C13H15BrN2S. The second kappa shape index (κ2) is 5.78. The zero-order chi connectivity index (χ0) is 12.3. The van der Waals surface area contributed by atoms with E-state index in [0.717, 1.165) is 10.9 Å². The van der Waals surface area contributed by atoms with Gasteiger partial charge >= 0.3 is 0 Å². The first-order valence-electron chi connectivity index (χ1n) is 5.45. The maximum absolute atomic E-state index is 5.66. The van der Waals surface area contributed by atoms with Crippen LogP contribution < -0.4 is 11.3 Å². The van der Waals surface area contributed by atoms with Gasteiger partial charge in [0.1, 0.15) is 0 Å². The van der Waals surface area contributed by atoms with Crippen LogP contribution in [0.4, 0.5) is 0 Å². The van der Waals surface area contributed by atoms with Gasteiger partial charge in [-0.3, -0.25) is 11.3 Å². The SMILES string of the molecule is Cc1sccc1C(Cc1ccc(Br)cc1)NN. The number of halogens is 1. The van der Waals surface area contributed by atoms with Crippen LogP contribution in [-0.4, -0.2) is 0 Å². The van der Waals surface area contributed by atoms with Crippen molar-refractivity contribution in [1.29, 1.82) is 0 Å². The Morgan fingerprint density at radius 1 is 1.29 bits per heavy atom. The molecule has 0 aliphatic carbocycles. The van der Waals surface area contributed by atoms with E-state index >= 15 is 0 Å². The van der Waals surface area contributed by atoms with Gasteiger partial charge in [-0.2, -0.15) is 0 Å². The predicted octanol–water partition coefficient (Wildman–Crippen LogP) is 3.57. The Hall–Kier alpha value is -0.680. The van der Waals surface area contributed by atoms with Crippen molar-refractivity contribution in [1.82, 2.24) is 5.43 Å². The lowest BCUT2D eigenvalue weighted by Crippen LogP contribution is -2.29. The molecule has 1 atom stereocenters. The fourth-order valence-electron chi connectivity index (χ4n) is 1.87. The average molecular weight is 311 g/mol. The molecule has 2 nitrogen and oxygen atoms in total. The lowest BCUT2D eigenvalue weighted by atomic mass is 10.0. The van der Waals surface area contributed by atoms with E-state index in [9.17, 15) is 0 Å². The van der Waals surface area contributed by atoms with E-state index in [1.165, 1.54) is 16.0 Å². The van der Waals surface area contributed by atoms with Crippen LogP contribution in [0.1, 0.15) is 22.0 Å². The highest BCUT2D eigenvalue weighted by Gasteiger charge is 2.13. The zero-order valence-electron chi connectivity index (χ0n) is 9.61. The third-order valence-corrected chi connectivity index (χ3v) is 4.22. The summed E-state index contributed by atoms with van der Waals surface area (Å²) in [5.74, 6) is 5.66. The van der Waals surface area contributed by atoms with Gasteiger partial charge in [-0.1, -0.05) is 28.1 Å². The number of hydrazine groups is 1. The number of rotatable bonds is 4. The van der Waals surface area contributed by atoms with E-state index in [2.05, 4.69) is 64.0 Å². The summed E-state index contributed by atoms with van der Waals surface area (Å²) in [7, 11) is 0. The lowest BCUT2D eigenvalue weighted by Gasteiger charge is -2.16. The summed E-state index contributed by atoms with van der Waals surface area (Å²) in [5, 5.41) is 2.11. The largest absolute Gasteiger partial charge is 0.271 e. The minimum Gasteiger partial charge on any atom is -0.271 e. The first-order chi connectivity index (χ1) is 8.20. The zero-order valence-corrected chi connectivity index (χ0v) is 12.0. The summed E-state index contributed by atoms with van der Waals surface area (Å²) in [6.45, 7) is 2.13. The first-order valence-corrected chi connectivity index (χ1v) is 7.12. The fraction of sp³-hybridized carbons (Fsp3) is 0.231. The summed E-state index contributed by atoms with van der Waals surface area (Å²) in [5.41, 5.74) is 5.47. The monoisotopic (exact) mass is 310 g/mol. The molecular weight excluding hydrogens is 296 g/mol. The van der Waals surface area contributed by atoms with Crippen molar-refractivity contribution in [3.63, 3.8) is 0 Å². The van der Waals surface area contributed by atoms with Crippen LogP contribution in [0.15, 0.2) is 40.2 Å². The Morgan fingerprint density at radius 3 is 2.53 bits per heavy atom. The molecule has 1 aromatic heterocycles. The molecule has 2 rings (SSSR count). The van der Waals surface area contributed by atoms with Gasteiger partial charge in [0.2, 0.25) is 0 Å². The number of hydrogen-bond donors (Lipinski definition) is 2. The Labute approximate surface area is 114 Å². The van der Waals surface area contributed by atoms with Crippen LogP contribution >= 0.6 is 27.3 Å². The Balaban J connectivity index is 2.16. The number of nitrogens with one attached hydrogen (secondary N) is 1. The smallest absolute Gasteiger partial charge is 0.0511 e. The van der Waals surface area contributed by atoms with E-state index in [1.807, 2.05) is 0 Å². The molecule has 1 heterocycles. The second-order valence-corrected chi connectivity index (χ2v) is 6.02. The van der Waals surface area contributed by atoms with Gasteiger partial charge in [-0.15, -0.1) is 11.3 Å². The molecule has 1 aromatic carbocycles.